The minimum Gasteiger partial charge on any atom is -0.453 e. The fourth-order valence-corrected chi connectivity index (χ4v) is 1.27. The lowest BCUT2D eigenvalue weighted by molar-refractivity contribution is 0.434. The number of aromatic nitrogens is 1. The third kappa shape index (κ3) is 2.76. The molecule has 2 rings (SSSR count). The molecule has 0 bridgehead atoms. The van der Waals surface area contributed by atoms with E-state index in [-0.39, 0.29) is 5.75 Å². The molecule has 0 saturated carbocycles. The summed E-state index contributed by atoms with van der Waals surface area (Å²) < 4.78 is 31.3. The normalized spacial score (nSPS) is 10.3. The van der Waals surface area contributed by atoms with Crippen molar-refractivity contribution in [2.75, 3.05) is 0 Å². The SMILES string of the molecule is NCc1ccc(Oc2cc(F)ccc2F)cn1. The molecule has 0 radical (unpaired) electrons. The van der Waals surface area contributed by atoms with Crippen LogP contribution in [0.15, 0.2) is 36.5 Å². The minimum absolute atomic E-state index is 0.174. The zero-order valence-corrected chi connectivity index (χ0v) is 8.86. The summed E-state index contributed by atoms with van der Waals surface area (Å²) in [6.07, 6.45) is 1.41. The van der Waals surface area contributed by atoms with Crippen LogP contribution in [-0.4, -0.2) is 4.98 Å². The zero-order chi connectivity index (χ0) is 12.3. The first-order valence-corrected chi connectivity index (χ1v) is 4.97. The van der Waals surface area contributed by atoms with E-state index in [0.717, 1.165) is 18.2 Å². The van der Waals surface area contributed by atoms with Crippen molar-refractivity contribution in [3.05, 3.63) is 53.9 Å². The largest absolute Gasteiger partial charge is 0.453 e. The topological polar surface area (TPSA) is 48.1 Å². The number of rotatable bonds is 3. The molecule has 1 aromatic carbocycles. The summed E-state index contributed by atoms with van der Waals surface area (Å²) in [5, 5.41) is 0. The van der Waals surface area contributed by atoms with Crippen LogP contribution in [0.4, 0.5) is 8.78 Å². The maximum atomic E-state index is 13.3. The lowest BCUT2D eigenvalue weighted by Gasteiger charge is -2.06. The van der Waals surface area contributed by atoms with Crippen molar-refractivity contribution in [3.8, 4) is 11.5 Å². The smallest absolute Gasteiger partial charge is 0.166 e. The highest BCUT2D eigenvalue weighted by Crippen LogP contribution is 2.24. The van der Waals surface area contributed by atoms with Crippen LogP contribution in [0.1, 0.15) is 5.69 Å². The Hall–Kier alpha value is -2.01. The lowest BCUT2D eigenvalue weighted by atomic mass is 10.3. The van der Waals surface area contributed by atoms with Crippen LogP contribution in [0.25, 0.3) is 0 Å². The van der Waals surface area contributed by atoms with Crippen LogP contribution >= 0.6 is 0 Å². The molecule has 1 aromatic heterocycles. The first-order chi connectivity index (χ1) is 8.19. The van der Waals surface area contributed by atoms with Gasteiger partial charge in [0.15, 0.2) is 11.6 Å². The minimum atomic E-state index is -0.630. The van der Waals surface area contributed by atoms with E-state index in [1.807, 2.05) is 0 Å². The molecule has 0 aliphatic carbocycles. The second kappa shape index (κ2) is 4.88. The summed E-state index contributed by atoms with van der Waals surface area (Å²) in [4.78, 5) is 3.98. The van der Waals surface area contributed by atoms with E-state index in [0.29, 0.717) is 18.0 Å². The number of benzene rings is 1. The van der Waals surface area contributed by atoms with Crippen molar-refractivity contribution in [1.29, 1.82) is 0 Å². The third-order valence-corrected chi connectivity index (χ3v) is 2.13. The van der Waals surface area contributed by atoms with Crippen molar-refractivity contribution >= 4 is 0 Å². The average Bonchev–Trinajstić information content (AvgIpc) is 2.35. The second-order valence-electron chi connectivity index (χ2n) is 3.37. The van der Waals surface area contributed by atoms with Crippen molar-refractivity contribution in [2.24, 2.45) is 5.73 Å². The summed E-state index contributed by atoms with van der Waals surface area (Å²) in [7, 11) is 0. The Kier molecular flexibility index (Phi) is 3.30. The maximum absolute atomic E-state index is 13.3. The standard InChI is InChI=1S/C12H10F2N2O/c13-8-1-4-11(14)12(5-8)17-10-3-2-9(6-15)16-7-10/h1-5,7H,6,15H2. The molecule has 5 heteroatoms. The predicted octanol–water partition coefficient (Wildman–Crippen LogP) is 2.61. The molecule has 0 aliphatic heterocycles. The molecular weight excluding hydrogens is 226 g/mol. The number of ether oxygens (including phenoxy) is 1. The predicted molar refractivity (Wildman–Crippen MR) is 58.6 cm³/mol. The molecule has 17 heavy (non-hydrogen) atoms. The Labute approximate surface area is 96.9 Å². The van der Waals surface area contributed by atoms with Crippen molar-refractivity contribution in [2.45, 2.75) is 6.54 Å². The van der Waals surface area contributed by atoms with Crippen LogP contribution in [0.2, 0.25) is 0 Å². The van der Waals surface area contributed by atoms with Gasteiger partial charge in [-0.25, -0.2) is 8.78 Å². The van der Waals surface area contributed by atoms with E-state index in [4.69, 9.17) is 10.5 Å². The lowest BCUT2D eigenvalue weighted by Crippen LogP contribution is -1.99. The molecule has 0 aliphatic rings. The number of pyridine rings is 1. The van der Waals surface area contributed by atoms with E-state index in [1.54, 1.807) is 12.1 Å². The molecule has 0 spiro atoms. The number of halogens is 2. The fraction of sp³-hybridized carbons (Fsp3) is 0.0833. The van der Waals surface area contributed by atoms with Gasteiger partial charge in [0.05, 0.1) is 11.9 Å². The monoisotopic (exact) mass is 236 g/mol. The Morgan fingerprint density at radius 2 is 2.00 bits per heavy atom. The van der Waals surface area contributed by atoms with E-state index >= 15 is 0 Å². The summed E-state index contributed by atoms with van der Waals surface area (Å²) in [6, 6.07) is 6.27. The molecule has 0 atom stereocenters. The first kappa shape index (κ1) is 11.5. The molecule has 1 heterocycles. The van der Waals surface area contributed by atoms with E-state index in [1.165, 1.54) is 6.20 Å². The molecule has 2 N–H and O–H groups in total. The van der Waals surface area contributed by atoms with Crippen LogP contribution in [-0.2, 0) is 6.54 Å². The molecule has 0 amide bonds. The molecule has 0 saturated heterocycles. The van der Waals surface area contributed by atoms with E-state index in [9.17, 15) is 8.78 Å². The molecule has 0 fully saturated rings. The van der Waals surface area contributed by atoms with Gasteiger partial charge in [-0.2, -0.15) is 0 Å². The van der Waals surface area contributed by atoms with Gasteiger partial charge in [-0.05, 0) is 24.3 Å². The van der Waals surface area contributed by atoms with Gasteiger partial charge in [0.2, 0.25) is 0 Å². The van der Waals surface area contributed by atoms with E-state index in [2.05, 4.69) is 4.98 Å². The maximum Gasteiger partial charge on any atom is 0.166 e. The average molecular weight is 236 g/mol. The highest BCUT2D eigenvalue weighted by molar-refractivity contribution is 5.31. The molecule has 3 nitrogen and oxygen atoms in total. The molecule has 2 aromatic rings. The number of hydrogen-bond donors (Lipinski definition) is 1. The van der Waals surface area contributed by atoms with Crippen LogP contribution < -0.4 is 10.5 Å². The van der Waals surface area contributed by atoms with Gasteiger partial charge in [-0.3, -0.25) is 4.98 Å². The first-order valence-electron chi connectivity index (χ1n) is 4.97. The van der Waals surface area contributed by atoms with Gasteiger partial charge in [0.1, 0.15) is 11.6 Å². The highest BCUT2D eigenvalue weighted by atomic mass is 19.1. The molecule has 88 valence electrons. The second-order valence-corrected chi connectivity index (χ2v) is 3.37. The highest BCUT2D eigenvalue weighted by Gasteiger charge is 2.06. The van der Waals surface area contributed by atoms with Gasteiger partial charge >= 0.3 is 0 Å². The Balaban J connectivity index is 2.22. The Morgan fingerprint density at radius 1 is 1.18 bits per heavy atom. The van der Waals surface area contributed by atoms with Gasteiger partial charge in [-0.1, -0.05) is 0 Å². The number of nitrogens with zero attached hydrogens (tertiary/aromatic N) is 1. The number of hydrogen-bond acceptors (Lipinski definition) is 3. The van der Waals surface area contributed by atoms with Crippen LogP contribution in [0, 0.1) is 11.6 Å². The fourth-order valence-electron chi connectivity index (χ4n) is 1.27. The summed E-state index contributed by atoms with van der Waals surface area (Å²) in [5.74, 6) is -1.04. The van der Waals surface area contributed by atoms with Crippen molar-refractivity contribution in [1.82, 2.24) is 4.98 Å². The Morgan fingerprint density at radius 3 is 2.65 bits per heavy atom. The summed E-state index contributed by atoms with van der Waals surface area (Å²) in [6.45, 7) is 0.314. The summed E-state index contributed by atoms with van der Waals surface area (Å²) >= 11 is 0. The Bertz CT molecular complexity index is 514. The van der Waals surface area contributed by atoms with Crippen molar-refractivity contribution in [3.63, 3.8) is 0 Å². The molecule has 0 unspecified atom stereocenters. The zero-order valence-electron chi connectivity index (χ0n) is 8.86. The third-order valence-electron chi connectivity index (χ3n) is 2.13. The van der Waals surface area contributed by atoms with Crippen LogP contribution in [0.5, 0.6) is 11.5 Å². The van der Waals surface area contributed by atoms with Gasteiger partial charge in [-0.15, -0.1) is 0 Å². The van der Waals surface area contributed by atoms with Gasteiger partial charge in [0.25, 0.3) is 0 Å². The quantitative estimate of drug-likeness (QED) is 0.891. The summed E-state index contributed by atoms with van der Waals surface area (Å²) in [5.41, 5.74) is 6.08. The van der Waals surface area contributed by atoms with E-state index < -0.39 is 11.6 Å². The molecular formula is C12H10F2N2O. The van der Waals surface area contributed by atoms with Gasteiger partial charge in [0, 0.05) is 12.6 Å². The van der Waals surface area contributed by atoms with Crippen molar-refractivity contribution < 1.29 is 13.5 Å². The number of nitrogens with two attached hydrogens (primary N) is 1. The van der Waals surface area contributed by atoms with Gasteiger partial charge < -0.3 is 10.5 Å². The van der Waals surface area contributed by atoms with Crippen LogP contribution in [0.3, 0.4) is 0 Å².